The van der Waals surface area contributed by atoms with Crippen LogP contribution >= 0.6 is 0 Å². The molecule has 2 atom stereocenters. The van der Waals surface area contributed by atoms with Gasteiger partial charge in [0.05, 0.1) is 5.60 Å². The first kappa shape index (κ1) is 18.9. The SMILES string of the molecule is C=C(C)[C@@]1(O[Si](C)(C)C)CCCCC[C@@H]1CC(OC)OC. The van der Waals surface area contributed by atoms with E-state index in [1.165, 1.54) is 31.3 Å². The lowest BCUT2D eigenvalue weighted by atomic mass is 9.76. The molecular formula is C17H34O3Si. The summed E-state index contributed by atoms with van der Waals surface area (Å²) in [7, 11) is 1.77. The Kier molecular flexibility index (Phi) is 7.11. The maximum absolute atomic E-state index is 6.74. The molecule has 0 spiro atoms. The van der Waals surface area contributed by atoms with Gasteiger partial charge in [0.2, 0.25) is 0 Å². The third-order valence-corrected chi connectivity index (χ3v) is 5.45. The molecule has 0 bridgehead atoms. The minimum Gasteiger partial charge on any atom is -0.408 e. The second kappa shape index (κ2) is 7.91. The molecule has 0 saturated heterocycles. The molecule has 0 amide bonds. The van der Waals surface area contributed by atoms with Gasteiger partial charge in [-0.05, 0) is 50.9 Å². The van der Waals surface area contributed by atoms with Gasteiger partial charge in [0.25, 0.3) is 0 Å². The number of hydrogen-bond donors (Lipinski definition) is 0. The first-order valence-corrected chi connectivity index (χ1v) is 11.6. The number of hydrogen-bond acceptors (Lipinski definition) is 3. The summed E-state index contributed by atoms with van der Waals surface area (Å²) in [4.78, 5) is 0. The smallest absolute Gasteiger partial charge is 0.184 e. The van der Waals surface area contributed by atoms with Crippen molar-refractivity contribution in [3.63, 3.8) is 0 Å². The second-order valence-electron chi connectivity index (χ2n) is 7.32. The summed E-state index contributed by atoms with van der Waals surface area (Å²) in [5, 5.41) is 0. The van der Waals surface area contributed by atoms with Crippen molar-refractivity contribution in [2.75, 3.05) is 14.2 Å². The molecule has 0 radical (unpaired) electrons. The van der Waals surface area contributed by atoms with Gasteiger partial charge in [-0.25, -0.2) is 0 Å². The highest BCUT2D eigenvalue weighted by atomic mass is 28.4. The van der Waals surface area contributed by atoms with Crippen molar-refractivity contribution in [3.05, 3.63) is 12.2 Å². The third kappa shape index (κ3) is 5.20. The van der Waals surface area contributed by atoms with Crippen LogP contribution in [0.2, 0.25) is 19.6 Å². The molecule has 0 aromatic heterocycles. The van der Waals surface area contributed by atoms with Crippen molar-refractivity contribution in [1.82, 2.24) is 0 Å². The Morgan fingerprint density at radius 3 is 2.29 bits per heavy atom. The van der Waals surface area contributed by atoms with Gasteiger partial charge in [-0.3, -0.25) is 0 Å². The Balaban J connectivity index is 3.08. The van der Waals surface area contributed by atoms with Crippen LogP contribution in [0.5, 0.6) is 0 Å². The summed E-state index contributed by atoms with van der Waals surface area (Å²) in [5.41, 5.74) is 0.971. The third-order valence-electron chi connectivity index (χ3n) is 4.47. The molecule has 0 unspecified atom stereocenters. The molecule has 124 valence electrons. The number of methoxy groups -OCH3 is 2. The largest absolute Gasteiger partial charge is 0.408 e. The lowest BCUT2D eigenvalue weighted by molar-refractivity contribution is -0.128. The van der Waals surface area contributed by atoms with E-state index in [1.54, 1.807) is 14.2 Å². The zero-order valence-corrected chi connectivity index (χ0v) is 15.8. The van der Waals surface area contributed by atoms with Gasteiger partial charge < -0.3 is 13.9 Å². The Bertz CT molecular complexity index is 333. The van der Waals surface area contributed by atoms with Crippen molar-refractivity contribution in [2.45, 2.75) is 77.0 Å². The highest BCUT2D eigenvalue weighted by molar-refractivity contribution is 6.69. The topological polar surface area (TPSA) is 27.7 Å². The monoisotopic (exact) mass is 314 g/mol. The number of rotatable bonds is 7. The lowest BCUT2D eigenvalue weighted by Crippen LogP contribution is -2.49. The minimum absolute atomic E-state index is 0.155. The molecule has 0 aromatic rings. The fourth-order valence-electron chi connectivity index (χ4n) is 3.55. The van der Waals surface area contributed by atoms with E-state index in [1.807, 2.05) is 0 Å². The van der Waals surface area contributed by atoms with E-state index in [-0.39, 0.29) is 11.9 Å². The van der Waals surface area contributed by atoms with E-state index in [4.69, 9.17) is 13.9 Å². The van der Waals surface area contributed by atoms with Gasteiger partial charge in [-0.1, -0.05) is 25.8 Å². The van der Waals surface area contributed by atoms with E-state index in [0.29, 0.717) is 5.92 Å². The summed E-state index contributed by atoms with van der Waals surface area (Å²) in [6.07, 6.45) is 6.73. The molecule has 0 aromatic carbocycles. The fourth-order valence-corrected chi connectivity index (χ4v) is 5.09. The van der Waals surface area contributed by atoms with Crippen LogP contribution in [0, 0.1) is 5.92 Å². The molecule has 21 heavy (non-hydrogen) atoms. The van der Waals surface area contributed by atoms with Crippen LogP contribution in [0.15, 0.2) is 12.2 Å². The Labute approximate surface area is 132 Å². The van der Waals surface area contributed by atoms with Crippen molar-refractivity contribution in [3.8, 4) is 0 Å². The lowest BCUT2D eigenvalue weighted by Gasteiger charge is -2.45. The molecule has 0 N–H and O–H groups in total. The first-order chi connectivity index (χ1) is 9.75. The Morgan fingerprint density at radius 1 is 1.19 bits per heavy atom. The standard InChI is InChI=1S/C17H34O3Si/c1-14(2)17(20-21(5,6)7)12-10-8-9-11-15(17)13-16(18-3)19-4/h15-16H,1,8-13H2,2-7H3/t15-,17+/m1/s1. The molecule has 1 rings (SSSR count). The maximum atomic E-state index is 6.74. The number of ether oxygens (including phenoxy) is 2. The summed E-state index contributed by atoms with van der Waals surface area (Å²) in [6.45, 7) is 13.2. The van der Waals surface area contributed by atoms with Crippen LogP contribution in [0.3, 0.4) is 0 Å². The zero-order chi connectivity index (χ0) is 16.1. The van der Waals surface area contributed by atoms with Crippen LogP contribution in [0.4, 0.5) is 0 Å². The first-order valence-electron chi connectivity index (χ1n) is 8.17. The summed E-state index contributed by atoms with van der Waals surface area (Å²) < 4.78 is 17.6. The molecular weight excluding hydrogens is 280 g/mol. The van der Waals surface area contributed by atoms with E-state index < -0.39 is 8.32 Å². The minimum atomic E-state index is -1.66. The highest BCUT2D eigenvalue weighted by Crippen LogP contribution is 2.44. The average molecular weight is 315 g/mol. The van der Waals surface area contributed by atoms with Crippen molar-refractivity contribution >= 4 is 8.32 Å². The molecule has 0 aliphatic heterocycles. The van der Waals surface area contributed by atoms with Gasteiger partial charge in [0, 0.05) is 20.6 Å². The van der Waals surface area contributed by atoms with Gasteiger partial charge in [0.15, 0.2) is 14.6 Å². The fraction of sp³-hybridized carbons (Fsp3) is 0.882. The van der Waals surface area contributed by atoms with E-state index >= 15 is 0 Å². The van der Waals surface area contributed by atoms with E-state index in [0.717, 1.165) is 12.8 Å². The summed E-state index contributed by atoms with van der Waals surface area (Å²) in [6, 6.07) is 0. The van der Waals surface area contributed by atoms with Crippen LogP contribution in [-0.4, -0.2) is 34.4 Å². The van der Waals surface area contributed by atoms with Crippen molar-refractivity contribution in [2.24, 2.45) is 5.92 Å². The maximum Gasteiger partial charge on any atom is 0.184 e. The van der Waals surface area contributed by atoms with Gasteiger partial charge in [-0.2, -0.15) is 0 Å². The van der Waals surface area contributed by atoms with Gasteiger partial charge in [0.1, 0.15) is 0 Å². The Morgan fingerprint density at radius 2 is 1.81 bits per heavy atom. The average Bonchev–Trinajstić information content (AvgIpc) is 2.57. The van der Waals surface area contributed by atoms with E-state index in [2.05, 4.69) is 33.1 Å². The molecule has 4 heteroatoms. The van der Waals surface area contributed by atoms with Crippen molar-refractivity contribution < 1.29 is 13.9 Å². The summed E-state index contributed by atoms with van der Waals surface area (Å²) in [5.74, 6) is 0.425. The molecule has 1 fully saturated rings. The predicted molar refractivity (Wildman–Crippen MR) is 91.0 cm³/mol. The predicted octanol–water partition coefficient (Wildman–Crippen LogP) is 4.74. The molecule has 0 heterocycles. The quantitative estimate of drug-likeness (QED) is 0.294. The molecule has 1 saturated carbocycles. The second-order valence-corrected chi connectivity index (χ2v) is 11.7. The zero-order valence-electron chi connectivity index (χ0n) is 14.8. The van der Waals surface area contributed by atoms with E-state index in [9.17, 15) is 0 Å². The van der Waals surface area contributed by atoms with Crippen LogP contribution < -0.4 is 0 Å². The normalized spacial score (nSPS) is 27.7. The van der Waals surface area contributed by atoms with Crippen LogP contribution in [0.1, 0.15) is 45.4 Å². The summed E-state index contributed by atoms with van der Waals surface area (Å²) >= 11 is 0. The van der Waals surface area contributed by atoms with Crippen LogP contribution in [0.25, 0.3) is 0 Å². The molecule has 3 nitrogen and oxygen atoms in total. The Hall–Kier alpha value is -0.163. The van der Waals surface area contributed by atoms with Crippen LogP contribution in [-0.2, 0) is 13.9 Å². The molecule has 1 aliphatic rings. The van der Waals surface area contributed by atoms with Crippen molar-refractivity contribution in [1.29, 1.82) is 0 Å². The molecule has 1 aliphatic carbocycles. The van der Waals surface area contributed by atoms with Gasteiger partial charge in [-0.15, -0.1) is 0 Å². The highest BCUT2D eigenvalue weighted by Gasteiger charge is 2.44. The van der Waals surface area contributed by atoms with Gasteiger partial charge >= 0.3 is 0 Å².